The lowest BCUT2D eigenvalue weighted by molar-refractivity contribution is -0.0500. The summed E-state index contributed by atoms with van der Waals surface area (Å²) in [6.45, 7) is 0. The summed E-state index contributed by atoms with van der Waals surface area (Å²) in [5.41, 5.74) is -4.93. The van der Waals surface area contributed by atoms with Crippen molar-refractivity contribution >= 4 is 42.7 Å². The Bertz CT molecular complexity index is 985. The molecule has 1 aromatic carbocycles. The van der Waals surface area contributed by atoms with Gasteiger partial charge in [-0.15, -0.1) is 0 Å². The molecule has 116 valence electrons. The molecule has 0 unspecified atom stereocenters. The smallest absolute Gasteiger partial charge is 0.351 e. The van der Waals surface area contributed by atoms with Gasteiger partial charge in [0.15, 0.2) is 0 Å². The molecular formula is C11H5BrF3N3O3S. The molecule has 0 N–H and O–H groups in total. The van der Waals surface area contributed by atoms with E-state index in [-0.39, 0.29) is 11.2 Å². The number of halogens is 4. The third-order valence-corrected chi connectivity index (χ3v) is 4.33. The monoisotopic (exact) mass is 395 g/mol. The number of nitrogens with zero attached hydrogens (tertiary/aromatic N) is 3. The van der Waals surface area contributed by atoms with Crippen molar-refractivity contribution in [3.63, 3.8) is 0 Å². The number of para-hydroxylation sites is 1. The van der Waals surface area contributed by atoms with Crippen LogP contribution in [0, 0.1) is 0 Å². The Balaban J connectivity index is 2.29. The van der Waals surface area contributed by atoms with E-state index in [4.69, 9.17) is 0 Å². The number of aromatic nitrogens is 3. The highest BCUT2D eigenvalue weighted by molar-refractivity contribution is 9.10. The highest BCUT2D eigenvalue weighted by Crippen LogP contribution is 2.31. The van der Waals surface area contributed by atoms with Gasteiger partial charge in [0.2, 0.25) is 5.65 Å². The van der Waals surface area contributed by atoms with Crippen molar-refractivity contribution < 1.29 is 25.8 Å². The summed E-state index contributed by atoms with van der Waals surface area (Å²) < 4.78 is 65.7. The van der Waals surface area contributed by atoms with Crippen LogP contribution in [0.3, 0.4) is 0 Å². The quantitative estimate of drug-likeness (QED) is 0.492. The van der Waals surface area contributed by atoms with Crippen molar-refractivity contribution in [2.45, 2.75) is 5.51 Å². The molecule has 0 aliphatic carbocycles. The predicted octanol–water partition coefficient (Wildman–Crippen LogP) is 2.87. The van der Waals surface area contributed by atoms with Gasteiger partial charge in [-0.05, 0) is 28.1 Å². The number of rotatable bonds is 2. The molecule has 3 rings (SSSR count). The van der Waals surface area contributed by atoms with Crippen LogP contribution >= 0.6 is 15.9 Å². The van der Waals surface area contributed by atoms with E-state index >= 15 is 0 Å². The predicted molar refractivity (Wildman–Crippen MR) is 73.8 cm³/mol. The zero-order chi connectivity index (χ0) is 16.1. The molecule has 0 aliphatic heterocycles. The zero-order valence-electron chi connectivity index (χ0n) is 10.4. The zero-order valence-corrected chi connectivity index (χ0v) is 12.8. The van der Waals surface area contributed by atoms with Crippen LogP contribution in [0.15, 0.2) is 35.1 Å². The summed E-state index contributed by atoms with van der Waals surface area (Å²) in [4.78, 5) is 7.64. The van der Waals surface area contributed by atoms with Gasteiger partial charge in [-0.1, -0.05) is 6.07 Å². The molecule has 2 aromatic heterocycles. The SMILES string of the molecule is O=S(=O)(Oc1nc2c(Br)cccc2n2ccnc12)C(F)(F)F. The van der Waals surface area contributed by atoms with Gasteiger partial charge >= 0.3 is 15.6 Å². The fraction of sp³-hybridized carbons (Fsp3) is 0.0909. The van der Waals surface area contributed by atoms with Crippen molar-refractivity contribution in [2.75, 3.05) is 0 Å². The highest BCUT2D eigenvalue weighted by atomic mass is 79.9. The number of hydrogen-bond donors (Lipinski definition) is 0. The maximum Gasteiger partial charge on any atom is 0.534 e. The molecule has 0 fully saturated rings. The average molecular weight is 396 g/mol. The topological polar surface area (TPSA) is 73.6 Å². The summed E-state index contributed by atoms with van der Waals surface area (Å²) in [7, 11) is -5.83. The molecule has 2 heterocycles. The fourth-order valence-electron chi connectivity index (χ4n) is 1.82. The van der Waals surface area contributed by atoms with E-state index in [9.17, 15) is 21.6 Å². The molecule has 0 saturated carbocycles. The van der Waals surface area contributed by atoms with Gasteiger partial charge in [0, 0.05) is 16.9 Å². The van der Waals surface area contributed by atoms with E-state index in [0.717, 1.165) is 0 Å². The third kappa shape index (κ3) is 2.29. The van der Waals surface area contributed by atoms with E-state index in [1.807, 2.05) is 0 Å². The molecule has 6 nitrogen and oxygen atoms in total. The van der Waals surface area contributed by atoms with Crippen LogP contribution in [0.5, 0.6) is 5.88 Å². The number of hydrogen-bond acceptors (Lipinski definition) is 5. The van der Waals surface area contributed by atoms with Gasteiger partial charge in [0.05, 0.1) is 5.52 Å². The highest BCUT2D eigenvalue weighted by Gasteiger charge is 2.49. The van der Waals surface area contributed by atoms with Gasteiger partial charge in [-0.2, -0.15) is 21.6 Å². The Hall–Kier alpha value is -1.88. The minimum absolute atomic E-state index is 0.140. The maximum atomic E-state index is 12.5. The van der Waals surface area contributed by atoms with Crippen LogP contribution in [-0.4, -0.2) is 28.3 Å². The largest absolute Gasteiger partial charge is 0.534 e. The molecule has 0 amide bonds. The standard InChI is InChI=1S/C11H5BrF3N3O3S/c12-6-2-1-3-7-8(6)17-10(9-16-4-5-18(7)9)21-22(19,20)11(13,14)15/h1-5H. The molecule has 0 aliphatic rings. The molecule has 0 saturated heterocycles. The first kappa shape index (κ1) is 15.0. The van der Waals surface area contributed by atoms with Crippen LogP contribution in [0.25, 0.3) is 16.7 Å². The molecule has 3 aromatic rings. The minimum Gasteiger partial charge on any atom is -0.351 e. The van der Waals surface area contributed by atoms with E-state index in [1.54, 1.807) is 18.2 Å². The maximum absolute atomic E-state index is 12.5. The molecule has 0 bridgehead atoms. The molecule has 22 heavy (non-hydrogen) atoms. The summed E-state index contributed by atoms with van der Waals surface area (Å²) >= 11 is 3.20. The average Bonchev–Trinajstić information content (AvgIpc) is 2.88. The first-order chi connectivity index (χ1) is 10.2. The Morgan fingerprint density at radius 2 is 2.00 bits per heavy atom. The van der Waals surface area contributed by atoms with Gasteiger partial charge < -0.3 is 4.18 Å². The first-order valence-electron chi connectivity index (χ1n) is 5.63. The molecular weight excluding hydrogens is 391 g/mol. The lowest BCUT2D eigenvalue weighted by Gasteiger charge is -2.11. The summed E-state index contributed by atoms with van der Waals surface area (Å²) in [5.74, 6) is -0.748. The van der Waals surface area contributed by atoms with Crippen LogP contribution in [0.2, 0.25) is 0 Å². The van der Waals surface area contributed by atoms with E-state index in [0.29, 0.717) is 9.99 Å². The second-order valence-corrected chi connectivity index (χ2v) is 6.52. The van der Waals surface area contributed by atoms with Gasteiger partial charge in [0.1, 0.15) is 5.52 Å². The van der Waals surface area contributed by atoms with Crippen LogP contribution in [0.4, 0.5) is 13.2 Å². The normalized spacial score (nSPS) is 12.9. The minimum atomic E-state index is -5.83. The van der Waals surface area contributed by atoms with E-state index < -0.39 is 21.5 Å². The molecule has 0 spiro atoms. The lowest BCUT2D eigenvalue weighted by atomic mass is 10.3. The van der Waals surface area contributed by atoms with Crippen molar-refractivity contribution in [2.24, 2.45) is 0 Å². The number of alkyl halides is 3. The molecule has 0 radical (unpaired) electrons. The second kappa shape index (κ2) is 4.81. The second-order valence-electron chi connectivity index (χ2n) is 4.13. The number of imidazole rings is 1. The first-order valence-corrected chi connectivity index (χ1v) is 7.83. The van der Waals surface area contributed by atoms with Gasteiger partial charge in [-0.25, -0.2) is 9.97 Å². The fourth-order valence-corrected chi connectivity index (χ4v) is 2.68. The molecule has 11 heteroatoms. The van der Waals surface area contributed by atoms with Crippen molar-refractivity contribution in [3.05, 3.63) is 35.1 Å². The Labute approximate surface area is 129 Å². The van der Waals surface area contributed by atoms with Gasteiger partial charge in [0.25, 0.3) is 5.88 Å². The summed E-state index contributed by atoms with van der Waals surface area (Å²) in [6, 6.07) is 4.96. The van der Waals surface area contributed by atoms with Crippen LogP contribution in [-0.2, 0) is 10.1 Å². The van der Waals surface area contributed by atoms with E-state index in [2.05, 4.69) is 30.1 Å². The lowest BCUT2D eigenvalue weighted by Crippen LogP contribution is -2.28. The van der Waals surface area contributed by atoms with Crippen LogP contribution in [0.1, 0.15) is 0 Å². The Morgan fingerprint density at radius 3 is 2.68 bits per heavy atom. The third-order valence-electron chi connectivity index (χ3n) is 2.74. The van der Waals surface area contributed by atoms with Crippen molar-refractivity contribution in [1.29, 1.82) is 0 Å². The Morgan fingerprint density at radius 1 is 1.27 bits per heavy atom. The molecule has 0 atom stereocenters. The van der Waals surface area contributed by atoms with Crippen molar-refractivity contribution in [1.82, 2.24) is 14.4 Å². The van der Waals surface area contributed by atoms with Crippen LogP contribution < -0.4 is 4.18 Å². The van der Waals surface area contributed by atoms with Crippen molar-refractivity contribution in [3.8, 4) is 5.88 Å². The Kier molecular flexibility index (Phi) is 3.29. The summed E-state index contributed by atoms with van der Waals surface area (Å²) in [6.07, 6.45) is 2.75. The summed E-state index contributed by atoms with van der Waals surface area (Å²) in [5, 5.41) is 0. The van der Waals surface area contributed by atoms with E-state index in [1.165, 1.54) is 16.8 Å². The van der Waals surface area contributed by atoms with Gasteiger partial charge in [-0.3, -0.25) is 4.40 Å². The number of benzene rings is 1. The number of fused-ring (bicyclic) bond motifs is 3.